The summed E-state index contributed by atoms with van der Waals surface area (Å²) in [6, 6.07) is 1.17. The minimum atomic E-state index is 0.543. The van der Waals surface area contributed by atoms with E-state index >= 15 is 0 Å². The lowest BCUT2D eigenvalue weighted by molar-refractivity contribution is 0.336. The van der Waals surface area contributed by atoms with E-state index in [4.69, 9.17) is 0 Å². The average Bonchev–Trinajstić information content (AvgIpc) is 2.78. The third-order valence-corrected chi connectivity index (χ3v) is 4.10. The van der Waals surface area contributed by atoms with Crippen LogP contribution in [-0.2, 0) is 6.54 Å². The molecule has 1 unspecified atom stereocenters. The number of rotatable bonds is 5. The molecule has 18 heavy (non-hydrogen) atoms. The van der Waals surface area contributed by atoms with Gasteiger partial charge in [0.05, 0.1) is 6.54 Å². The fraction of sp³-hybridized carbons (Fsp3) is 0.857. The van der Waals surface area contributed by atoms with Crippen molar-refractivity contribution >= 4 is 0 Å². The van der Waals surface area contributed by atoms with Gasteiger partial charge in [-0.25, -0.2) is 0 Å². The number of nitrogens with one attached hydrogen (secondary N) is 1. The molecule has 102 valence electrons. The van der Waals surface area contributed by atoms with Crippen LogP contribution in [0.2, 0.25) is 0 Å². The number of aromatic nitrogens is 3. The van der Waals surface area contributed by atoms with Crippen molar-refractivity contribution < 1.29 is 0 Å². The van der Waals surface area contributed by atoms with E-state index in [1.807, 2.05) is 0 Å². The molecule has 1 saturated carbocycles. The second kappa shape index (κ2) is 6.32. The number of aryl methyl sites for hydroxylation is 1. The van der Waals surface area contributed by atoms with Crippen LogP contribution in [0.3, 0.4) is 0 Å². The number of hydrogen-bond donors (Lipinski definition) is 1. The molecule has 1 heterocycles. The molecule has 0 aliphatic heterocycles. The van der Waals surface area contributed by atoms with Crippen LogP contribution in [0.1, 0.15) is 70.1 Å². The quantitative estimate of drug-likeness (QED) is 0.873. The van der Waals surface area contributed by atoms with E-state index in [0.29, 0.717) is 12.1 Å². The van der Waals surface area contributed by atoms with Gasteiger partial charge in [0.2, 0.25) is 0 Å². The number of hydrogen-bond acceptors (Lipinski definition) is 3. The van der Waals surface area contributed by atoms with Gasteiger partial charge in [0.15, 0.2) is 0 Å². The Labute approximate surface area is 110 Å². The first-order valence-corrected chi connectivity index (χ1v) is 7.36. The Morgan fingerprint density at radius 3 is 2.67 bits per heavy atom. The summed E-state index contributed by atoms with van der Waals surface area (Å²) in [7, 11) is 0. The van der Waals surface area contributed by atoms with Gasteiger partial charge in [0.25, 0.3) is 0 Å². The molecule has 1 aromatic rings. The highest BCUT2D eigenvalue weighted by Gasteiger charge is 2.20. The van der Waals surface area contributed by atoms with Crippen LogP contribution in [0.5, 0.6) is 0 Å². The monoisotopic (exact) mass is 250 g/mol. The second-order valence-electron chi connectivity index (χ2n) is 5.52. The first-order valence-electron chi connectivity index (χ1n) is 7.36. The average molecular weight is 250 g/mol. The molecule has 1 aliphatic rings. The summed E-state index contributed by atoms with van der Waals surface area (Å²) < 4.78 is 2.37. The standard InChI is InChI=1S/C14H26N4/c1-4-11(2)15-10-14-17-16-12(3)18(14)13-8-6-5-7-9-13/h11,13,15H,4-10H2,1-3H3. The Morgan fingerprint density at radius 2 is 2.00 bits per heavy atom. The van der Waals surface area contributed by atoms with E-state index in [9.17, 15) is 0 Å². The molecule has 0 aromatic carbocycles. The van der Waals surface area contributed by atoms with Gasteiger partial charge in [-0.3, -0.25) is 0 Å². The van der Waals surface area contributed by atoms with Crippen LogP contribution >= 0.6 is 0 Å². The van der Waals surface area contributed by atoms with Crippen molar-refractivity contribution in [3.05, 3.63) is 11.6 Å². The fourth-order valence-electron chi connectivity index (χ4n) is 2.76. The Balaban J connectivity index is 2.06. The Kier molecular flexibility index (Phi) is 4.75. The van der Waals surface area contributed by atoms with Crippen molar-refractivity contribution in [1.29, 1.82) is 0 Å². The lowest BCUT2D eigenvalue weighted by Crippen LogP contribution is -2.27. The van der Waals surface area contributed by atoms with Crippen molar-refractivity contribution in [1.82, 2.24) is 20.1 Å². The van der Waals surface area contributed by atoms with Gasteiger partial charge in [-0.05, 0) is 33.1 Å². The maximum atomic E-state index is 4.35. The minimum absolute atomic E-state index is 0.543. The van der Waals surface area contributed by atoms with E-state index in [1.165, 1.54) is 32.1 Å². The van der Waals surface area contributed by atoms with Crippen molar-refractivity contribution in [2.45, 2.75) is 77.9 Å². The molecule has 1 atom stereocenters. The molecular formula is C14H26N4. The Morgan fingerprint density at radius 1 is 1.28 bits per heavy atom. The van der Waals surface area contributed by atoms with Crippen LogP contribution in [0.25, 0.3) is 0 Å². The van der Waals surface area contributed by atoms with Crippen molar-refractivity contribution in [2.24, 2.45) is 0 Å². The molecule has 1 aromatic heterocycles. The van der Waals surface area contributed by atoms with Crippen LogP contribution in [0.4, 0.5) is 0 Å². The number of nitrogens with zero attached hydrogens (tertiary/aromatic N) is 3. The van der Waals surface area contributed by atoms with E-state index in [-0.39, 0.29) is 0 Å². The predicted octanol–water partition coefficient (Wildman–Crippen LogP) is 2.98. The third kappa shape index (κ3) is 3.10. The zero-order valence-electron chi connectivity index (χ0n) is 11.9. The van der Waals surface area contributed by atoms with Gasteiger partial charge in [0.1, 0.15) is 11.6 Å². The molecule has 0 amide bonds. The van der Waals surface area contributed by atoms with E-state index in [1.54, 1.807) is 0 Å². The van der Waals surface area contributed by atoms with Crippen molar-refractivity contribution in [2.75, 3.05) is 0 Å². The largest absolute Gasteiger partial charge is 0.311 e. The van der Waals surface area contributed by atoms with Crippen molar-refractivity contribution in [3.8, 4) is 0 Å². The minimum Gasteiger partial charge on any atom is -0.311 e. The van der Waals surface area contributed by atoms with E-state index < -0.39 is 0 Å². The van der Waals surface area contributed by atoms with E-state index in [2.05, 4.69) is 40.9 Å². The SMILES string of the molecule is CCC(C)NCc1nnc(C)n1C1CCCCC1. The van der Waals surface area contributed by atoms with Crippen LogP contribution in [-0.4, -0.2) is 20.8 Å². The molecule has 0 radical (unpaired) electrons. The van der Waals surface area contributed by atoms with Gasteiger partial charge in [0, 0.05) is 12.1 Å². The maximum absolute atomic E-state index is 4.35. The summed E-state index contributed by atoms with van der Waals surface area (Å²) in [4.78, 5) is 0. The lowest BCUT2D eigenvalue weighted by atomic mass is 9.95. The highest BCUT2D eigenvalue weighted by Crippen LogP contribution is 2.29. The highest BCUT2D eigenvalue weighted by atomic mass is 15.3. The summed E-state index contributed by atoms with van der Waals surface area (Å²) >= 11 is 0. The zero-order chi connectivity index (χ0) is 13.0. The summed E-state index contributed by atoms with van der Waals surface area (Å²) in [6.07, 6.45) is 7.81. The summed E-state index contributed by atoms with van der Waals surface area (Å²) in [6.45, 7) is 7.34. The molecule has 1 fully saturated rings. The topological polar surface area (TPSA) is 42.7 Å². The molecule has 0 spiro atoms. The predicted molar refractivity (Wildman–Crippen MR) is 73.5 cm³/mol. The molecule has 1 aliphatic carbocycles. The van der Waals surface area contributed by atoms with Crippen LogP contribution in [0.15, 0.2) is 0 Å². The third-order valence-electron chi connectivity index (χ3n) is 4.10. The normalized spacial score (nSPS) is 19.1. The van der Waals surface area contributed by atoms with Crippen molar-refractivity contribution in [3.63, 3.8) is 0 Å². The van der Waals surface area contributed by atoms with Gasteiger partial charge in [-0.2, -0.15) is 0 Å². The van der Waals surface area contributed by atoms with E-state index in [0.717, 1.165) is 24.6 Å². The van der Waals surface area contributed by atoms with Gasteiger partial charge >= 0.3 is 0 Å². The highest BCUT2D eigenvalue weighted by molar-refractivity contribution is 4.98. The van der Waals surface area contributed by atoms with Crippen LogP contribution in [0, 0.1) is 6.92 Å². The van der Waals surface area contributed by atoms with Crippen LogP contribution < -0.4 is 5.32 Å². The molecule has 1 N–H and O–H groups in total. The summed E-state index contributed by atoms with van der Waals surface area (Å²) in [5.74, 6) is 2.18. The molecule has 0 bridgehead atoms. The second-order valence-corrected chi connectivity index (χ2v) is 5.52. The fourth-order valence-corrected chi connectivity index (χ4v) is 2.76. The molecule has 4 nitrogen and oxygen atoms in total. The Bertz CT molecular complexity index is 366. The molecule has 2 rings (SSSR count). The zero-order valence-corrected chi connectivity index (χ0v) is 11.9. The molecule has 0 saturated heterocycles. The Hall–Kier alpha value is -0.900. The maximum Gasteiger partial charge on any atom is 0.147 e. The molecular weight excluding hydrogens is 224 g/mol. The first kappa shape index (κ1) is 13.5. The summed E-state index contributed by atoms with van der Waals surface area (Å²) in [5.41, 5.74) is 0. The summed E-state index contributed by atoms with van der Waals surface area (Å²) in [5, 5.41) is 12.1. The van der Waals surface area contributed by atoms with Gasteiger partial charge < -0.3 is 9.88 Å². The van der Waals surface area contributed by atoms with Gasteiger partial charge in [-0.15, -0.1) is 10.2 Å². The van der Waals surface area contributed by atoms with Gasteiger partial charge in [-0.1, -0.05) is 26.2 Å². The molecule has 4 heteroatoms. The lowest BCUT2D eigenvalue weighted by Gasteiger charge is -2.25. The smallest absolute Gasteiger partial charge is 0.147 e. The first-order chi connectivity index (χ1) is 8.72.